The number of carbonyl (C=O) groups is 1. The summed E-state index contributed by atoms with van der Waals surface area (Å²) in [5.74, 6) is -1.74. The molecule has 2 aromatic heterocycles. The lowest BCUT2D eigenvalue weighted by atomic mass is 9.90. The van der Waals surface area contributed by atoms with Gasteiger partial charge in [0.25, 0.3) is 5.91 Å². The van der Waals surface area contributed by atoms with E-state index in [2.05, 4.69) is 25.0 Å². The third-order valence-corrected chi connectivity index (χ3v) is 5.01. The number of carbonyl (C=O) groups excluding carboxylic acids is 1. The number of aromatic nitrogens is 3. The Hall–Kier alpha value is -4.02. The molecule has 0 aliphatic carbocycles. The van der Waals surface area contributed by atoms with E-state index in [1.165, 1.54) is 36.4 Å². The van der Waals surface area contributed by atoms with Crippen LogP contribution in [-0.4, -0.2) is 27.6 Å². The zero-order valence-electron chi connectivity index (χ0n) is 18.0. The highest BCUT2D eigenvalue weighted by atomic mass is 19.4. The van der Waals surface area contributed by atoms with Gasteiger partial charge in [0.2, 0.25) is 11.7 Å². The van der Waals surface area contributed by atoms with Crippen molar-refractivity contribution in [3.05, 3.63) is 77.8 Å². The van der Waals surface area contributed by atoms with Crippen molar-refractivity contribution in [2.75, 3.05) is 6.54 Å². The number of hydrogen-bond donors (Lipinski definition) is 1. The van der Waals surface area contributed by atoms with Gasteiger partial charge in [-0.3, -0.25) is 4.79 Å². The van der Waals surface area contributed by atoms with E-state index in [4.69, 9.17) is 4.42 Å². The van der Waals surface area contributed by atoms with Crippen LogP contribution in [0.25, 0.3) is 22.8 Å². The topological polar surface area (TPSA) is 94.1 Å². The fourth-order valence-electron chi connectivity index (χ4n) is 3.06. The molecule has 0 unspecified atom stereocenters. The van der Waals surface area contributed by atoms with E-state index in [1.807, 2.05) is 13.8 Å². The second-order valence-corrected chi connectivity index (χ2v) is 8.10. The average Bonchev–Trinajstić information content (AvgIpc) is 3.49. The molecule has 0 radical (unpaired) electrons. The van der Waals surface area contributed by atoms with Crippen LogP contribution in [0, 0.1) is 5.82 Å². The Morgan fingerprint density at radius 3 is 2.47 bits per heavy atom. The highest BCUT2D eigenvalue weighted by molar-refractivity contribution is 5.95. The number of nitrogens with zero attached hydrogens (tertiary/aromatic N) is 3. The standard InChI is InChI=1S/C23H18F4N4O3/c1-22(2,17-11-28-20(33-17)13-6-8-16(24)9-7-13)12-29-19(32)15-5-3-4-14(10-15)18-30-21(34-31-18)23(25,26)27/h3-11H,12H2,1-2H3,(H,29,32). The first-order valence-corrected chi connectivity index (χ1v) is 10.0. The third-order valence-electron chi connectivity index (χ3n) is 5.01. The Bertz CT molecular complexity index is 1310. The molecule has 4 aromatic rings. The first-order chi connectivity index (χ1) is 16.0. The van der Waals surface area contributed by atoms with Gasteiger partial charge in [0, 0.05) is 28.7 Å². The van der Waals surface area contributed by atoms with Gasteiger partial charge in [-0.25, -0.2) is 9.37 Å². The van der Waals surface area contributed by atoms with Crippen LogP contribution in [0.2, 0.25) is 0 Å². The van der Waals surface area contributed by atoms with E-state index in [0.29, 0.717) is 17.2 Å². The minimum Gasteiger partial charge on any atom is -0.441 e. The van der Waals surface area contributed by atoms with Crippen molar-refractivity contribution in [3.8, 4) is 22.8 Å². The van der Waals surface area contributed by atoms with Crippen molar-refractivity contribution >= 4 is 5.91 Å². The minimum atomic E-state index is -4.76. The Labute approximate surface area is 190 Å². The molecule has 0 saturated heterocycles. The van der Waals surface area contributed by atoms with Crippen LogP contribution >= 0.6 is 0 Å². The summed E-state index contributed by atoms with van der Waals surface area (Å²) in [5, 5.41) is 6.11. The van der Waals surface area contributed by atoms with Crippen molar-refractivity contribution < 1.29 is 31.3 Å². The molecule has 1 amide bonds. The van der Waals surface area contributed by atoms with Crippen LogP contribution in [0.1, 0.15) is 35.9 Å². The van der Waals surface area contributed by atoms with Crippen LogP contribution in [0.3, 0.4) is 0 Å². The van der Waals surface area contributed by atoms with Crippen molar-refractivity contribution in [2.24, 2.45) is 0 Å². The molecule has 0 spiro atoms. The van der Waals surface area contributed by atoms with Gasteiger partial charge >= 0.3 is 12.1 Å². The lowest BCUT2D eigenvalue weighted by molar-refractivity contribution is -0.159. The summed E-state index contributed by atoms with van der Waals surface area (Å²) < 4.78 is 61.3. The number of hydrogen-bond acceptors (Lipinski definition) is 6. The number of halogens is 4. The second-order valence-electron chi connectivity index (χ2n) is 8.10. The molecule has 176 valence electrons. The SMILES string of the molecule is CC(C)(CNC(=O)c1cccc(-c2noc(C(F)(F)F)n2)c1)c1cnc(-c2ccc(F)cc2)o1. The zero-order chi connectivity index (χ0) is 24.5. The highest BCUT2D eigenvalue weighted by Gasteiger charge is 2.38. The molecular weight excluding hydrogens is 456 g/mol. The summed E-state index contributed by atoms with van der Waals surface area (Å²) in [5.41, 5.74) is 0.370. The summed E-state index contributed by atoms with van der Waals surface area (Å²) in [7, 11) is 0. The predicted molar refractivity (Wildman–Crippen MR) is 112 cm³/mol. The molecule has 2 aromatic carbocycles. The molecule has 0 aliphatic rings. The molecule has 34 heavy (non-hydrogen) atoms. The fraction of sp³-hybridized carbons (Fsp3) is 0.217. The number of rotatable bonds is 6. The smallest absolute Gasteiger partial charge is 0.441 e. The van der Waals surface area contributed by atoms with E-state index in [1.54, 1.807) is 18.3 Å². The van der Waals surface area contributed by atoms with Gasteiger partial charge < -0.3 is 14.3 Å². The summed E-state index contributed by atoms with van der Waals surface area (Å²) in [6, 6.07) is 11.6. The van der Waals surface area contributed by atoms with Crippen molar-refractivity contribution in [3.63, 3.8) is 0 Å². The van der Waals surface area contributed by atoms with Gasteiger partial charge in [0.1, 0.15) is 11.6 Å². The average molecular weight is 474 g/mol. The summed E-state index contributed by atoms with van der Waals surface area (Å²) >= 11 is 0. The van der Waals surface area contributed by atoms with E-state index in [9.17, 15) is 22.4 Å². The second kappa shape index (κ2) is 8.73. The first kappa shape index (κ1) is 23.1. The van der Waals surface area contributed by atoms with E-state index >= 15 is 0 Å². The third kappa shape index (κ3) is 4.98. The minimum absolute atomic E-state index is 0.175. The van der Waals surface area contributed by atoms with Gasteiger partial charge in [-0.15, -0.1) is 0 Å². The number of benzene rings is 2. The number of alkyl halides is 3. The maximum Gasteiger partial charge on any atom is 0.471 e. The first-order valence-electron chi connectivity index (χ1n) is 10.0. The molecule has 4 rings (SSSR count). The lowest BCUT2D eigenvalue weighted by Gasteiger charge is -2.22. The highest BCUT2D eigenvalue weighted by Crippen LogP contribution is 2.30. The predicted octanol–water partition coefficient (Wildman–Crippen LogP) is 5.26. The van der Waals surface area contributed by atoms with Crippen LogP contribution in [0.5, 0.6) is 0 Å². The van der Waals surface area contributed by atoms with E-state index in [-0.39, 0.29) is 29.3 Å². The zero-order valence-corrected chi connectivity index (χ0v) is 18.0. The quantitative estimate of drug-likeness (QED) is 0.383. The Kier molecular flexibility index (Phi) is 5.94. The molecule has 0 fully saturated rings. The molecule has 0 saturated carbocycles. The molecule has 0 atom stereocenters. The van der Waals surface area contributed by atoms with Gasteiger partial charge in [0.05, 0.1) is 6.20 Å². The van der Waals surface area contributed by atoms with Gasteiger partial charge in [0.15, 0.2) is 0 Å². The molecule has 0 aliphatic heterocycles. The molecule has 1 N–H and O–H groups in total. The van der Waals surface area contributed by atoms with Crippen LogP contribution < -0.4 is 5.32 Å². The summed E-state index contributed by atoms with van der Waals surface area (Å²) in [6.07, 6.45) is -3.22. The Morgan fingerprint density at radius 1 is 1.06 bits per heavy atom. The van der Waals surface area contributed by atoms with Gasteiger partial charge in [-0.05, 0) is 36.4 Å². The van der Waals surface area contributed by atoms with Crippen molar-refractivity contribution in [1.82, 2.24) is 20.4 Å². The lowest BCUT2D eigenvalue weighted by Crippen LogP contribution is -2.36. The number of oxazole rings is 1. The number of nitrogens with one attached hydrogen (secondary N) is 1. The normalized spacial score (nSPS) is 12.1. The molecule has 11 heteroatoms. The van der Waals surface area contributed by atoms with Crippen LogP contribution in [-0.2, 0) is 11.6 Å². The maximum atomic E-state index is 13.1. The molecule has 0 bridgehead atoms. The van der Waals surface area contributed by atoms with Crippen LogP contribution in [0.4, 0.5) is 17.6 Å². The Balaban J connectivity index is 1.45. The maximum absolute atomic E-state index is 13.1. The summed E-state index contributed by atoms with van der Waals surface area (Å²) in [4.78, 5) is 20.3. The molecule has 7 nitrogen and oxygen atoms in total. The largest absolute Gasteiger partial charge is 0.471 e. The Morgan fingerprint density at radius 2 is 1.79 bits per heavy atom. The van der Waals surface area contributed by atoms with E-state index in [0.717, 1.165) is 0 Å². The fourth-order valence-corrected chi connectivity index (χ4v) is 3.06. The monoisotopic (exact) mass is 474 g/mol. The van der Waals surface area contributed by atoms with Crippen molar-refractivity contribution in [1.29, 1.82) is 0 Å². The molecule has 2 heterocycles. The van der Waals surface area contributed by atoms with E-state index < -0.39 is 23.4 Å². The number of amides is 1. The van der Waals surface area contributed by atoms with Gasteiger partial charge in [-0.2, -0.15) is 18.2 Å². The van der Waals surface area contributed by atoms with Crippen LogP contribution in [0.15, 0.2) is 63.7 Å². The van der Waals surface area contributed by atoms with Crippen molar-refractivity contribution in [2.45, 2.75) is 25.4 Å². The van der Waals surface area contributed by atoms with Gasteiger partial charge in [-0.1, -0.05) is 31.1 Å². The molecular formula is C23H18F4N4O3. The summed E-state index contributed by atoms with van der Waals surface area (Å²) in [6.45, 7) is 3.86.